The molecule has 0 bridgehead atoms. The van der Waals surface area contributed by atoms with Gasteiger partial charge in [0.05, 0.1) is 10.0 Å². The van der Waals surface area contributed by atoms with E-state index in [2.05, 4.69) is 0 Å². The van der Waals surface area contributed by atoms with Gasteiger partial charge in [-0.3, -0.25) is 0 Å². The summed E-state index contributed by atoms with van der Waals surface area (Å²) in [4.78, 5) is 1.51. The van der Waals surface area contributed by atoms with Crippen molar-refractivity contribution >= 4 is 66.5 Å². The summed E-state index contributed by atoms with van der Waals surface area (Å²) in [6.07, 6.45) is 0. The summed E-state index contributed by atoms with van der Waals surface area (Å²) in [6.45, 7) is 0. The number of hydrogen-bond donors (Lipinski definition) is 0. The van der Waals surface area contributed by atoms with Crippen LogP contribution >= 0.6 is 66.5 Å². The number of hydrogen-bond acceptors (Lipinski definition) is 2. The van der Waals surface area contributed by atoms with Gasteiger partial charge < -0.3 is 0 Å². The zero-order chi connectivity index (χ0) is 9.14. The van der Waals surface area contributed by atoms with Crippen molar-refractivity contribution in [3.63, 3.8) is 0 Å². The summed E-state index contributed by atoms with van der Waals surface area (Å²) in [5, 5.41) is 1.07. The van der Waals surface area contributed by atoms with Crippen molar-refractivity contribution in [2.75, 3.05) is 0 Å². The van der Waals surface area contributed by atoms with E-state index >= 15 is 0 Å². The van der Waals surface area contributed by atoms with Gasteiger partial charge in [0.2, 0.25) is 0 Å². The molecule has 0 saturated heterocycles. The molecule has 0 aliphatic carbocycles. The second-order valence-corrected chi connectivity index (χ2v) is 4.80. The highest BCUT2D eigenvalue weighted by atomic mass is 35.7. The molecule has 0 N–H and O–H groups in total. The van der Waals surface area contributed by atoms with E-state index in [-0.39, 0.29) is 0 Å². The highest BCUT2D eigenvalue weighted by molar-refractivity contribution is 8.21. The first kappa shape index (κ1) is 11.2. The van der Waals surface area contributed by atoms with Gasteiger partial charge in [-0.2, -0.15) is 0 Å². The normalized spacial score (nSPS) is 10.3. The molecule has 0 fully saturated rings. The average molecular weight is 280 g/mol. The molecule has 0 heterocycles. The Morgan fingerprint density at radius 3 is 1.58 bits per heavy atom. The molecule has 0 unspecified atom stereocenters. The first-order valence-corrected chi connectivity index (χ1v) is 6.79. The van der Waals surface area contributed by atoms with Gasteiger partial charge in [-0.05, 0) is 55.4 Å². The van der Waals surface area contributed by atoms with Crippen molar-refractivity contribution in [3.05, 3.63) is 22.2 Å². The van der Waals surface area contributed by atoms with E-state index in [1.54, 1.807) is 12.1 Å². The van der Waals surface area contributed by atoms with Crippen LogP contribution in [0.25, 0.3) is 0 Å². The molecule has 6 heteroatoms. The van der Waals surface area contributed by atoms with Gasteiger partial charge in [0.1, 0.15) is 0 Å². The largest absolute Gasteiger partial charge is 0.0830 e. The minimum Gasteiger partial charge on any atom is -0.0830 e. The maximum absolute atomic E-state index is 5.82. The predicted octanol–water partition coefficient (Wildman–Crippen LogP) is 5.49. The first-order valence-electron chi connectivity index (χ1n) is 2.75. The molecule has 0 atom stereocenters. The standard InChI is InChI=1S/C6H2Cl4S2/c7-3-1-4(8)6(12-10)2-5(3)11-9/h1-2H. The molecular formula is C6H2Cl4S2. The van der Waals surface area contributed by atoms with Crippen LogP contribution in [0.1, 0.15) is 0 Å². The molecule has 0 spiro atoms. The summed E-state index contributed by atoms with van der Waals surface area (Å²) in [5.41, 5.74) is 0. The van der Waals surface area contributed by atoms with Gasteiger partial charge in [-0.15, -0.1) is 0 Å². The van der Waals surface area contributed by atoms with Crippen molar-refractivity contribution in [1.29, 1.82) is 0 Å². The zero-order valence-corrected chi connectivity index (χ0v) is 10.1. The van der Waals surface area contributed by atoms with E-state index in [0.29, 0.717) is 10.0 Å². The van der Waals surface area contributed by atoms with E-state index < -0.39 is 0 Å². The summed E-state index contributed by atoms with van der Waals surface area (Å²) in [6, 6.07) is 3.37. The third-order valence-electron chi connectivity index (χ3n) is 1.15. The Morgan fingerprint density at radius 1 is 0.833 bits per heavy atom. The van der Waals surface area contributed by atoms with Gasteiger partial charge in [-0.25, -0.2) is 0 Å². The van der Waals surface area contributed by atoms with Gasteiger partial charge in [0.25, 0.3) is 0 Å². The maximum atomic E-state index is 5.82. The second kappa shape index (κ2) is 5.08. The Morgan fingerprint density at radius 2 is 1.25 bits per heavy atom. The van der Waals surface area contributed by atoms with Gasteiger partial charge in [0, 0.05) is 9.79 Å². The average Bonchev–Trinajstić information content (AvgIpc) is 2.05. The lowest BCUT2D eigenvalue weighted by atomic mass is 10.4. The molecular weight excluding hydrogens is 278 g/mol. The summed E-state index contributed by atoms with van der Waals surface area (Å²) < 4.78 is 0. The van der Waals surface area contributed by atoms with Crippen LogP contribution in [0.3, 0.4) is 0 Å². The van der Waals surface area contributed by atoms with Crippen molar-refractivity contribution in [2.45, 2.75) is 9.79 Å². The summed E-state index contributed by atoms with van der Waals surface area (Å²) >= 11 is 11.6. The second-order valence-electron chi connectivity index (χ2n) is 1.87. The number of rotatable bonds is 2. The molecule has 0 nitrogen and oxygen atoms in total. The van der Waals surface area contributed by atoms with E-state index in [0.717, 1.165) is 31.7 Å². The van der Waals surface area contributed by atoms with Crippen LogP contribution in [0, 0.1) is 0 Å². The van der Waals surface area contributed by atoms with Gasteiger partial charge >= 0.3 is 0 Å². The molecule has 12 heavy (non-hydrogen) atoms. The van der Waals surface area contributed by atoms with Crippen LogP contribution in [0.5, 0.6) is 0 Å². The molecule has 1 aromatic carbocycles. The summed E-state index contributed by atoms with van der Waals surface area (Å²) in [5.74, 6) is 0. The minimum absolute atomic E-state index is 0.537. The third kappa shape index (κ3) is 2.53. The Kier molecular flexibility index (Phi) is 4.73. The SMILES string of the molecule is ClSc1cc(SCl)c(Cl)cc1Cl. The van der Waals surface area contributed by atoms with E-state index in [1.807, 2.05) is 0 Å². The van der Waals surface area contributed by atoms with Crippen molar-refractivity contribution in [2.24, 2.45) is 0 Å². The lowest BCUT2D eigenvalue weighted by Gasteiger charge is -2.03. The first-order chi connectivity index (χ1) is 5.69. The fourth-order valence-corrected chi connectivity index (χ4v) is 2.91. The van der Waals surface area contributed by atoms with Crippen LogP contribution in [0.15, 0.2) is 21.9 Å². The van der Waals surface area contributed by atoms with E-state index in [1.165, 1.54) is 0 Å². The van der Waals surface area contributed by atoms with Crippen LogP contribution in [-0.2, 0) is 0 Å². The van der Waals surface area contributed by atoms with Crippen LogP contribution in [0.4, 0.5) is 0 Å². The monoisotopic (exact) mass is 278 g/mol. The fourth-order valence-electron chi connectivity index (χ4n) is 0.629. The highest BCUT2D eigenvalue weighted by Gasteiger charge is 2.06. The van der Waals surface area contributed by atoms with Gasteiger partial charge in [0.15, 0.2) is 0 Å². The zero-order valence-electron chi connectivity index (χ0n) is 5.48. The Bertz CT molecular complexity index is 264. The smallest absolute Gasteiger partial charge is 0.0569 e. The number of halogens is 4. The quantitative estimate of drug-likeness (QED) is 0.703. The molecule has 0 aliphatic heterocycles. The molecule has 1 aromatic rings. The number of benzene rings is 1. The molecule has 1 rings (SSSR count). The van der Waals surface area contributed by atoms with Crippen molar-refractivity contribution < 1.29 is 0 Å². The van der Waals surface area contributed by atoms with Crippen LogP contribution in [-0.4, -0.2) is 0 Å². The fraction of sp³-hybridized carbons (Fsp3) is 0. The van der Waals surface area contributed by atoms with Crippen molar-refractivity contribution in [1.82, 2.24) is 0 Å². The Hall–Kier alpha value is 1.08. The molecule has 0 radical (unpaired) electrons. The van der Waals surface area contributed by atoms with E-state index in [4.69, 9.17) is 44.6 Å². The van der Waals surface area contributed by atoms with E-state index in [9.17, 15) is 0 Å². The van der Waals surface area contributed by atoms with Gasteiger partial charge in [-0.1, -0.05) is 23.2 Å². The molecule has 0 saturated carbocycles. The molecule has 66 valence electrons. The maximum Gasteiger partial charge on any atom is 0.0569 e. The van der Waals surface area contributed by atoms with Crippen LogP contribution in [0.2, 0.25) is 10.0 Å². The Balaban J connectivity index is 3.18. The molecule has 0 aromatic heterocycles. The summed E-state index contributed by atoms with van der Waals surface area (Å²) in [7, 11) is 13.2. The Labute approximate surface area is 97.9 Å². The van der Waals surface area contributed by atoms with Crippen LogP contribution < -0.4 is 0 Å². The minimum atomic E-state index is 0.537. The topological polar surface area (TPSA) is 0 Å². The highest BCUT2D eigenvalue weighted by Crippen LogP contribution is 2.39. The van der Waals surface area contributed by atoms with Crippen molar-refractivity contribution in [3.8, 4) is 0 Å². The molecule has 0 aliphatic rings. The predicted molar refractivity (Wildman–Crippen MR) is 59.9 cm³/mol. The lowest BCUT2D eigenvalue weighted by molar-refractivity contribution is 1.34. The molecule has 0 amide bonds. The third-order valence-corrected chi connectivity index (χ3v) is 4.01. The lowest BCUT2D eigenvalue weighted by Crippen LogP contribution is -1.75.